The number of hydrogen-bond acceptors (Lipinski definition) is 2. The number of rotatable bonds is 0. The first kappa shape index (κ1) is 9.37. The Kier molecular flexibility index (Phi) is 2.26. The first-order chi connectivity index (χ1) is 7.36. The van der Waals surface area contributed by atoms with Crippen LogP contribution in [0.25, 0.3) is 0 Å². The molecule has 2 nitrogen and oxygen atoms in total. The van der Waals surface area contributed by atoms with Gasteiger partial charge in [-0.05, 0) is 36.5 Å². The molecular formula is C13H17NO. The number of hydrogen-bond donors (Lipinski definition) is 1. The van der Waals surface area contributed by atoms with Crippen LogP contribution in [0.3, 0.4) is 0 Å². The molecule has 15 heavy (non-hydrogen) atoms. The van der Waals surface area contributed by atoms with Crippen molar-refractivity contribution >= 4 is 0 Å². The molecule has 2 aliphatic rings. The van der Waals surface area contributed by atoms with Gasteiger partial charge in [-0.3, -0.25) is 0 Å². The largest absolute Gasteiger partial charge is 0.375 e. The third-order valence-electron chi connectivity index (χ3n) is 3.59. The molecule has 0 spiro atoms. The highest BCUT2D eigenvalue weighted by molar-refractivity contribution is 5.40. The Morgan fingerprint density at radius 2 is 2.33 bits per heavy atom. The Bertz CT molecular complexity index is 375. The molecule has 1 heterocycles. The third-order valence-corrected chi connectivity index (χ3v) is 3.59. The summed E-state index contributed by atoms with van der Waals surface area (Å²) in [6, 6.07) is 7.06. The van der Waals surface area contributed by atoms with Crippen molar-refractivity contribution < 1.29 is 4.74 Å². The van der Waals surface area contributed by atoms with E-state index in [4.69, 9.17) is 4.74 Å². The molecule has 0 bridgehead atoms. The fourth-order valence-corrected chi connectivity index (χ4v) is 2.89. The molecule has 3 rings (SSSR count). The van der Waals surface area contributed by atoms with Gasteiger partial charge in [0.15, 0.2) is 0 Å². The summed E-state index contributed by atoms with van der Waals surface area (Å²) in [5, 5.41) is 3.59. The van der Waals surface area contributed by atoms with Crippen LogP contribution in [-0.4, -0.2) is 19.3 Å². The van der Waals surface area contributed by atoms with Gasteiger partial charge < -0.3 is 10.1 Å². The lowest BCUT2D eigenvalue weighted by Crippen LogP contribution is -2.44. The van der Waals surface area contributed by atoms with Crippen LogP contribution < -0.4 is 5.32 Å². The molecule has 1 N–H and O–H groups in total. The fraction of sp³-hybridized carbons (Fsp3) is 0.538. The van der Waals surface area contributed by atoms with Gasteiger partial charge in [0.25, 0.3) is 0 Å². The molecular weight excluding hydrogens is 186 g/mol. The van der Waals surface area contributed by atoms with Gasteiger partial charge in [0.2, 0.25) is 0 Å². The molecule has 1 aliphatic carbocycles. The topological polar surface area (TPSA) is 21.3 Å². The second kappa shape index (κ2) is 3.62. The van der Waals surface area contributed by atoms with Gasteiger partial charge in [0, 0.05) is 6.54 Å². The van der Waals surface area contributed by atoms with Crippen LogP contribution >= 0.6 is 0 Å². The van der Waals surface area contributed by atoms with Crippen LogP contribution in [0.1, 0.15) is 29.2 Å². The first-order valence-electron chi connectivity index (χ1n) is 5.79. The second-order valence-corrected chi connectivity index (χ2v) is 4.53. The third kappa shape index (κ3) is 1.48. The van der Waals surface area contributed by atoms with Crippen molar-refractivity contribution in [2.75, 3.05) is 13.2 Å². The Balaban J connectivity index is 2.05. The van der Waals surface area contributed by atoms with Gasteiger partial charge in [0.05, 0.1) is 18.8 Å². The molecule has 1 aliphatic heterocycles. The van der Waals surface area contributed by atoms with E-state index >= 15 is 0 Å². The Labute approximate surface area is 90.6 Å². The highest BCUT2D eigenvalue weighted by Crippen LogP contribution is 2.35. The van der Waals surface area contributed by atoms with Crippen LogP contribution in [0.4, 0.5) is 0 Å². The number of morpholine rings is 1. The summed E-state index contributed by atoms with van der Waals surface area (Å²) in [4.78, 5) is 0. The summed E-state index contributed by atoms with van der Waals surface area (Å²) in [5.41, 5.74) is 4.41. The summed E-state index contributed by atoms with van der Waals surface area (Å²) in [7, 11) is 0. The Morgan fingerprint density at radius 1 is 1.40 bits per heavy atom. The zero-order valence-electron chi connectivity index (χ0n) is 9.12. The van der Waals surface area contributed by atoms with Crippen LogP contribution in [0, 0.1) is 6.92 Å². The highest BCUT2D eigenvalue weighted by atomic mass is 16.5. The first-order valence-corrected chi connectivity index (χ1v) is 5.79. The van der Waals surface area contributed by atoms with Crippen LogP contribution in [-0.2, 0) is 11.2 Å². The van der Waals surface area contributed by atoms with Crippen molar-refractivity contribution in [3.05, 3.63) is 34.9 Å². The number of nitrogens with one attached hydrogen (secondary N) is 1. The summed E-state index contributed by atoms with van der Waals surface area (Å²) >= 11 is 0. The molecule has 2 unspecified atom stereocenters. The van der Waals surface area contributed by atoms with E-state index < -0.39 is 0 Å². The molecule has 1 aromatic carbocycles. The Morgan fingerprint density at radius 3 is 3.27 bits per heavy atom. The lowest BCUT2D eigenvalue weighted by atomic mass is 9.82. The van der Waals surface area contributed by atoms with Crippen molar-refractivity contribution in [3.8, 4) is 0 Å². The zero-order valence-corrected chi connectivity index (χ0v) is 9.12. The maximum Gasteiger partial charge on any atom is 0.0773 e. The van der Waals surface area contributed by atoms with Crippen molar-refractivity contribution in [3.63, 3.8) is 0 Å². The standard InChI is InChI=1S/C13H17NO/c1-9-3-2-4-10-5-6-11-13(12(9)10)14-7-8-15-11/h2-4,11,13-14H,5-8H2,1H3. The molecule has 1 aromatic rings. The van der Waals surface area contributed by atoms with Crippen LogP contribution in [0.5, 0.6) is 0 Å². The van der Waals surface area contributed by atoms with Crippen LogP contribution in [0.15, 0.2) is 18.2 Å². The molecule has 80 valence electrons. The summed E-state index contributed by atoms with van der Waals surface area (Å²) in [5.74, 6) is 0. The zero-order chi connectivity index (χ0) is 10.3. The lowest BCUT2D eigenvalue weighted by molar-refractivity contribution is -0.0140. The number of ether oxygens (including phenoxy) is 1. The average Bonchev–Trinajstić information content (AvgIpc) is 2.29. The minimum atomic E-state index is 0.396. The minimum Gasteiger partial charge on any atom is -0.375 e. The van der Waals surface area contributed by atoms with Gasteiger partial charge in [-0.2, -0.15) is 0 Å². The van der Waals surface area contributed by atoms with E-state index in [0.717, 1.165) is 19.6 Å². The van der Waals surface area contributed by atoms with E-state index in [0.29, 0.717) is 12.1 Å². The Hall–Kier alpha value is -0.860. The quantitative estimate of drug-likeness (QED) is 0.696. The smallest absolute Gasteiger partial charge is 0.0773 e. The minimum absolute atomic E-state index is 0.396. The number of fused-ring (bicyclic) bond motifs is 3. The van der Waals surface area contributed by atoms with Crippen LogP contribution in [0.2, 0.25) is 0 Å². The summed E-state index contributed by atoms with van der Waals surface area (Å²) < 4.78 is 5.83. The van der Waals surface area contributed by atoms with Gasteiger partial charge >= 0.3 is 0 Å². The van der Waals surface area contributed by atoms with Crippen molar-refractivity contribution in [1.82, 2.24) is 5.32 Å². The molecule has 0 saturated carbocycles. The van der Waals surface area contributed by atoms with E-state index in [-0.39, 0.29) is 0 Å². The monoisotopic (exact) mass is 203 g/mol. The van der Waals surface area contributed by atoms with E-state index in [9.17, 15) is 0 Å². The maximum absolute atomic E-state index is 5.83. The average molecular weight is 203 g/mol. The summed E-state index contributed by atoms with van der Waals surface area (Å²) in [6.07, 6.45) is 2.72. The second-order valence-electron chi connectivity index (χ2n) is 4.53. The van der Waals surface area contributed by atoms with Crippen molar-refractivity contribution in [2.45, 2.75) is 31.9 Å². The molecule has 0 radical (unpaired) electrons. The predicted molar refractivity (Wildman–Crippen MR) is 60.0 cm³/mol. The SMILES string of the molecule is Cc1cccc2c1C1NCCOC1CC2. The fourth-order valence-electron chi connectivity index (χ4n) is 2.89. The van der Waals surface area contributed by atoms with Gasteiger partial charge in [-0.25, -0.2) is 0 Å². The maximum atomic E-state index is 5.83. The molecule has 2 atom stereocenters. The van der Waals surface area contributed by atoms with E-state index in [1.54, 1.807) is 0 Å². The molecule has 2 heteroatoms. The molecule has 1 saturated heterocycles. The molecule has 1 fully saturated rings. The summed E-state index contributed by atoms with van der Waals surface area (Å²) in [6.45, 7) is 4.05. The van der Waals surface area contributed by atoms with Gasteiger partial charge in [-0.15, -0.1) is 0 Å². The van der Waals surface area contributed by atoms with E-state index in [1.165, 1.54) is 23.1 Å². The molecule has 0 aromatic heterocycles. The number of aryl methyl sites for hydroxylation is 2. The highest BCUT2D eigenvalue weighted by Gasteiger charge is 2.32. The van der Waals surface area contributed by atoms with Crippen molar-refractivity contribution in [2.24, 2.45) is 0 Å². The van der Waals surface area contributed by atoms with Gasteiger partial charge in [0.1, 0.15) is 0 Å². The predicted octanol–water partition coefficient (Wildman–Crippen LogP) is 1.97. The van der Waals surface area contributed by atoms with Crippen molar-refractivity contribution in [1.29, 1.82) is 0 Å². The van der Waals surface area contributed by atoms with E-state index in [2.05, 4.69) is 30.4 Å². The lowest BCUT2D eigenvalue weighted by Gasteiger charge is -2.38. The van der Waals surface area contributed by atoms with Gasteiger partial charge in [-0.1, -0.05) is 18.2 Å². The van der Waals surface area contributed by atoms with E-state index in [1.807, 2.05) is 0 Å². The molecule has 0 amide bonds. The number of benzene rings is 1. The normalized spacial score (nSPS) is 29.4.